The molecule has 0 aliphatic carbocycles. The molecule has 2 nitrogen and oxygen atoms in total. The first-order chi connectivity index (χ1) is 8.15. The predicted octanol–water partition coefficient (Wildman–Crippen LogP) is 4.46. The van der Waals surface area contributed by atoms with Crippen LogP contribution in [0, 0.1) is 11.3 Å². The Morgan fingerprint density at radius 2 is 2.24 bits per heavy atom. The van der Waals surface area contributed by atoms with Gasteiger partial charge in [0.1, 0.15) is 11.2 Å². The maximum Gasteiger partial charge on any atom is 0.147 e. The van der Waals surface area contributed by atoms with Crippen molar-refractivity contribution in [2.45, 2.75) is 19.8 Å². The van der Waals surface area contributed by atoms with Gasteiger partial charge in [0, 0.05) is 16.6 Å². The molecule has 0 saturated heterocycles. The summed E-state index contributed by atoms with van der Waals surface area (Å²) in [6.45, 7) is 4.17. The highest BCUT2D eigenvalue weighted by Crippen LogP contribution is 2.36. The van der Waals surface area contributed by atoms with Gasteiger partial charge in [0.2, 0.25) is 0 Å². The van der Waals surface area contributed by atoms with Gasteiger partial charge < -0.3 is 0 Å². The van der Waals surface area contributed by atoms with E-state index in [1.54, 1.807) is 17.5 Å². The van der Waals surface area contributed by atoms with Gasteiger partial charge in [-0.15, -0.1) is 11.3 Å². The molecule has 0 aromatic carbocycles. The van der Waals surface area contributed by atoms with Gasteiger partial charge in [-0.3, -0.25) is 0 Å². The molecule has 4 heteroatoms. The molecule has 0 aliphatic heterocycles. The molecule has 0 N–H and O–H groups in total. The van der Waals surface area contributed by atoms with E-state index in [1.807, 2.05) is 17.5 Å². The minimum Gasteiger partial charge on any atom is -0.243 e. The Kier molecular flexibility index (Phi) is 3.46. The molecule has 2 aromatic heterocycles. The van der Waals surface area contributed by atoms with Crippen LogP contribution in [0.15, 0.2) is 23.7 Å². The van der Waals surface area contributed by atoms with Crippen LogP contribution in [0.2, 0.25) is 5.15 Å². The fraction of sp³-hybridized carbons (Fsp3) is 0.231. The lowest BCUT2D eigenvalue weighted by molar-refractivity contribution is 0.860. The largest absolute Gasteiger partial charge is 0.243 e. The van der Waals surface area contributed by atoms with Crippen LogP contribution in [-0.4, -0.2) is 4.98 Å². The van der Waals surface area contributed by atoms with E-state index >= 15 is 0 Å². The first-order valence-electron chi connectivity index (χ1n) is 5.27. The molecule has 0 amide bonds. The van der Waals surface area contributed by atoms with Crippen LogP contribution < -0.4 is 0 Å². The fourth-order valence-corrected chi connectivity index (χ4v) is 2.71. The van der Waals surface area contributed by atoms with E-state index in [0.717, 1.165) is 16.0 Å². The summed E-state index contributed by atoms with van der Waals surface area (Å²) in [5.74, 6) is 0.309. The Bertz CT molecular complexity index is 568. The minimum atomic E-state index is 0.278. The van der Waals surface area contributed by atoms with Crippen molar-refractivity contribution in [2.24, 2.45) is 0 Å². The molecular weight excluding hydrogens is 252 g/mol. The maximum absolute atomic E-state index is 9.23. The van der Waals surface area contributed by atoms with Crippen molar-refractivity contribution in [3.63, 3.8) is 0 Å². The molecule has 2 rings (SSSR count). The SMILES string of the molecule is CC(C)c1cnc(Cl)c(C#N)c1-c1cccs1. The molecule has 0 fully saturated rings. The molecule has 0 saturated carbocycles. The summed E-state index contributed by atoms with van der Waals surface area (Å²) in [6, 6.07) is 6.13. The molecule has 0 spiro atoms. The van der Waals surface area contributed by atoms with E-state index in [2.05, 4.69) is 24.9 Å². The Morgan fingerprint density at radius 1 is 1.47 bits per heavy atom. The van der Waals surface area contributed by atoms with E-state index in [1.165, 1.54) is 0 Å². The quantitative estimate of drug-likeness (QED) is 0.750. The summed E-state index contributed by atoms with van der Waals surface area (Å²) in [6.07, 6.45) is 1.77. The third-order valence-electron chi connectivity index (χ3n) is 2.56. The van der Waals surface area contributed by atoms with Crippen molar-refractivity contribution in [1.82, 2.24) is 4.98 Å². The summed E-state index contributed by atoms with van der Waals surface area (Å²) in [4.78, 5) is 5.15. The van der Waals surface area contributed by atoms with Gasteiger partial charge in [-0.2, -0.15) is 5.26 Å². The monoisotopic (exact) mass is 262 g/mol. The third-order valence-corrected chi connectivity index (χ3v) is 3.74. The lowest BCUT2D eigenvalue weighted by atomic mass is 9.95. The third kappa shape index (κ3) is 2.19. The van der Waals surface area contributed by atoms with Crippen molar-refractivity contribution in [1.29, 1.82) is 5.26 Å². The summed E-state index contributed by atoms with van der Waals surface area (Å²) >= 11 is 7.60. The normalized spacial score (nSPS) is 10.5. The smallest absolute Gasteiger partial charge is 0.147 e. The average molecular weight is 263 g/mol. The Morgan fingerprint density at radius 3 is 2.76 bits per heavy atom. The summed E-state index contributed by atoms with van der Waals surface area (Å²) in [7, 11) is 0. The summed E-state index contributed by atoms with van der Waals surface area (Å²) < 4.78 is 0. The fourth-order valence-electron chi connectivity index (χ4n) is 1.73. The summed E-state index contributed by atoms with van der Waals surface area (Å²) in [5.41, 5.74) is 2.46. The van der Waals surface area contributed by atoms with Gasteiger partial charge in [-0.05, 0) is 22.9 Å². The summed E-state index contributed by atoms with van der Waals surface area (Å²) in [5, 5.41) is 11.5. The zero-order chi connectivity index (χ0) is 12.4. The van der Waals surface area contributed by atoms with Gasteiger partial charge in [-0.1, -0.05) is 31.5 Å². The van der Waals surface area contributed by atoms with Crippen LogP contribution in [0.4, 0.5) is 0 Å². The van der Waals surface area contributed by atoms with Crippen LogP contribution in [0.3, 0.4) is 0 Å². The van der Waals surface area contributed by atoms with Gasteiger partial charge in [-0.25, -0.2) is 4.98 Å². The number of thiophene rings is 1. The van der Waals surface area contributed by atoms with E-state index in [9.17, 15) is 5.26 Å². The van der Waals surface area contributed by atoms with Crippen LogP contribution in [0.25, 0.3) is 10.4 Å². The molecule has 17 heavy (non-hydrogen) atoms. The first-order valence-corrected chi connectivity index (χ1v) is 6.53. The molecule has 2 heterocycles. The van der Waals surface area contributed by atoms with Crippen molar-refractivity contribution in [3.8, 4) is 16.5 Å². The number of nitriles is 1. The van der Waals surface area contributed by atoms with Gasteiger partial charge >= 0.3 is 0 Å². The number of hydrogen-bond acceptors (Lipinski definition) is 3. The second-order valence-corrected chi connectivity index (χ2v) is 5.30. The Hall–Kier alpha value is -1.37. The number of pyridine rings is 1. The van der Waals surface area contributed by atoms with Gasteiger partial charge in [0.15, 0.2) is 0 Å². The van der Waals surface area contributed by atoms with E-state index in [4.69, 9.17) is 11.6 Å². The lowest BCUT2D eigenvalue weighted by Gasteiger charge is -2.13. The number of halogens is 1. The van der Waals surface area contributed by atoms with Crippen molar-refractivity contribution >= 4 is 22.9 Å². The number of rotatable bonds is 2. The predicted molar refractivity (Wildman–Crippen MR) is 71.4 cm³/mol. The zero-order valence-corrected chi connectivity index (χ0v) is 11.1. The molecule has 0 radical (unpaired) electrons. The van der Waals surface area contributed by atoms with Gasteiger partial charge in [0.05, 0.1) is 5.56 Å². The molecule has 0 atom stereocenters. The van der Waals surface area contributed by atoms with Crippen LogP contribution in [0.1, 0.15) is 30.9 Å². The number of aromatic nitrogens is 1. The number of nitrogens with zero attached hydrogens (tertiary/aromatic N) is 2. The van der Waals surface area contributed by atoms with Gasteiger partial charge in [0.25, 0.3) is 0 Å². The Labute approximate surface area is 110 Å². The molecule has 0 aliphatic rings. The van der Waals surface area contributed by atoms with Crippen molar-refractivity contribution in [2.75, 3.05) is 0 Å². The number of hydrogen-bond donors (Lipinski definition) is 0. The molecule has 2 aromatic rings. The second kappa shape index (κ2) is 4.87. The van der Waals surface area contributed by atoms with E-state index in [0.29, 0.717) is 11.5 Å². The zero-order valence-electron chi connectivity index (χ0n) is 9.57. The standard InChI is InChI=1S/C13H11ClN2S/c1-8(2)10-7-16-13(14)9(6-15)12(10)11-4-3-5-17-11/h3-5,7-8H,1-2H3. The molecule has 86 valence electrons. The first kappa shape index (κ1) is 12.1. The van der Waals surface area contributed by atoms with E-state index in [-0.39, 0.29) is 5.15 Å². The highest BCUT2D eigenvalue weighted by molar-refractivity contribution is 7.13. The minimum absolute atomic E-state index is 0.278. The maximum atomic E-state index is 9.23. The topological polar surface area (TPSA) is 36.7 Å². The second-order valence-electron chi connectivity index (χ2n) is 4.00. The van der Waals surface area contributed by atoms with Crippen LogP contribution in [0.5, 0.6) is 0 Å². The van der Waals surface area contributed by atoms with Crippen LogP contribution in [-0.2, 0) is 0 Å². The molecule has 0 bridgehead atoms. The van der Waals surface area contributed by atoms with E-state index < -0.39 is 0 Å². The lowest BCUT2D eigenvalue weighted by Crippen LogP contribution is -1.97. The van der Waals surface area contributed by atoms with Crippen molar-refractivity contribution < 1.29 is 0 Å². The van der Waals surface area contributed by atoms with Crippen molar-refractivity contribution in [3.05, 3.63) is 40.0 Å². The highest BCUT2D eigenvalue weighted by atomic mass is 35.5. The average Bonchev–Trinajstić information content (AvgIpc) is 2.81. The highest BCUT2D eigenvalue weighted by Gasteiger charge is 2.17. The molecule has 0 unspecified atom stereocenters. The Balaban J connectivity index is 2.77. The molecular formula is C13H11ClN2S. The van der Waals surface area contributed by atoms with Crippen LogP contribution >= 0.6 is 22.9 Å².